The Morgan fingerprint density at radius 1 is 1.13 bits per heavy atom. The number of benzene rings is 2. The quantitative estimate of drug-likeness (QED) is 0.179. The Morgan fingerprint density at radius 3 is 2.49 bits per heavy atom. The number of esters is 1. The van der Waals surface area contributed by atoms with E-state index < -0.39 is 48.9 Å². The van der Waals surface area contributed by atoms with E-state index in [0.29, 0.717) is 26.6 Å². The average Bonchev–Trinajstić information content (AvgIpc) is 3.32. The number of amides is 1. The van der Waals surface area contributed by atoms with Gasteiger partial charge < -0.3 is 29.8 Å². The molecule has 3 rings (SSSR count). The number of nitrogens with one attached hydrogen (secondary N) is 1. The molecule has 12 nitrogen and oxygen atoms in total. The summed E-state index contributed by atoms with van der Waals surface area (Å²) < 4.78 is 28.3. The van der Waals surface area contributed by atoms with Crippen LogP contribution in [0, 0.1) is 5.82 Å². The molecule has 1 heterocycles. The van der Waals surface area contributed by atoms with Crippen LogP contribution in [0.5, 0.6) is 0 Å². The molecule has 2 aromatic carbocycles. The molecular weight excluding hydrogens is 539 g/mol. The summed E-state index contributed by atoms with van der Waals surface area (Å²) in [7, 11) is 0. The smallest absolute Gasteiger partial charge is 0.431 e. The first-order valence-corrected chi connectivity index (χ1v) is 12.0. The number of ether oxygens (including phenoxy) is 3. The summed E-state index contributed by atoms with van der Waals surface area (Å²) >= 11 is 5.98. The number of aliphatic hydroxyl groups is 1. The molecule has 1 aromatic heterocycles. The Morgan fingerprint density at radius 2 is 1.85 bits per heavy atom. The number of carbonyl (C=O) groups is 3. The molecule has 0 fully saturated rings. The second-order valence-electron chi connectivity index (χ2n) is 8.61. The molecule has 0 radical (unpaired) electrons. The number of halogens is 2. The minimum Gasteiger partial charge on any atom is -0.431 e. The van der Waals surface area contributed by atoms with Crippen molar-refractivity contribution in [1.82, 2.24) is 20.5 Å². The largest absolute Gasteiger partial charge is 0.511 e. The Balaban J connectivity index is 1.68. The van der Waals surface area contributed by atoms with Crippen molar-refractivity contribution in [2.45, 2.75) is 44.9 Å². The fourth-order valence-corrected chi connectivity index (χ4v) is 3.63. The van der Waals surface area contributed by atoms with Crippen molar-refractivity contribution in [1.29, 1.82) is 0 Å². The fourth-order valence-electron chi connectivity index (χ4n) is 3.46. The van der Waals surface area contributed by atoms with Gasteiger partial charge in [0.05, 0.1) is 12.3 Å². The van der Waals surface area contributed by atoms with Crippen LogP contribution in [0.3, 0.4) is 0 Å². The minimum absolute atomic E-state index is 0.138. The van der Waals surface area contributed by atoms with E-state index in [1.54, 1.807) is 38.1 Å². The van der Waals surface area contributed by atoms with E-state index in [0.717, 1.165) is 6.20 Å². The van der Waals surface area contributed by atoms with E-state index in [1.165, 1.54) is 18.2 Å². The number of carbonyl (C=O) groups excluding carboxylic acids is 3. The van der Waals surface area contributed by atoms with Gasteiger partial charge in [0, 0.05) is 23.0 Å². The molecule has 0 saturated carbocycles. The predicted molar refractivity (Wildman–Crippen MR) is 133 cm³/mol. The summed E-state index contributed by atoms with van der Waals surface area (Å²) in [6, 6.07) is 10.1. The lowest BCUT2D eigenvalue weighted by Gasteiger charge is -2.21. The van der Waals surface area contributed by atoms with Crippen LogP contribution in [0.1, 0.15) is 36.3 Å². The van der Waals surface area contributed by atoms with Gasteiger partial charge in [-0.25, -0.2) is 14.0 Å². The lowest BCUT2D eigenvalue weighted by molar-refractivity contribution is -0.164. The molecular formula is C25H26ClFN4O8. The normalized spacial score (nSPS) is 12.5. The first-order chi connectivity index (χ1) is 18.5. The summed E-state index contributed by atoms with van der Waals surface area (Å²) in [6.07, 6.45) is -2.37. The highest BCUT2D eigenvalue weighted by Crippen LogP contribution is 2.26. The van der Waals surface area contributed by atoms with Crippen LogP contribution in [-0.2, 0) is 25.4 Å². The molecule has 14 heteroatoms. The third-order valence-electron chi connectivity index (χ3n) is 5.21. The zero-order chi connectivity index (χ0) is 28.5. The highest BCUT2D eigenvalue weighted by atomic mass is 35.5. The van der Waals surface area contributed by atoms with Gasteiger partial charge in [-0.05, 0) is 54.8 Å². The van der Waals surface area contributed by atoms with Crippen molar-refractivity contribution in [3.63, 3.8) is 0 Å². The number of aliphatic hydroxyl groups excluding tert-OH is 1. The molecule has 208 valence electrons. The zero-order valence-electron chi connectivity index (χ0n) is 20.9. The van der Waals surface area contributed by atoms with E-state index in [1.807, 2.05) is 0 Å². The molecule has 0 aliphatic carbocycles. The van der Waals surface area contributed by atoms with Crippen LogP contribution in [0.25, 0.3) is 11.1 Å². The minimum atomic E-state index is -1.70. The van der Waals surface area contributed by atoms with Crippen LogP contribution in [0.2, 0.25) is 5.02 Å². The number of hydrogen-bond donors (Lipinski definition) is 3. The zero-order valence-corrected chi connectivity index (χ0v) is 21.7. The molecule has 3 N–H and O–H groups in total. The van der Waals surface area contributed by atoms with E-state index in [9.17, 15) is 29.1 Å². The Labute approximate surface area is 227 Å². The maximum atomic E-state index is 14.2. The first-order valence-electron chi connectivity index (χ1n) is 11.7. The number of nitrogens with zero attached hydrogens (tertiary/aromatic N) is 3. The molecule has 2 unspecified atom stereocenters. The van der Waals surface area contributed by atoms with Gasteiger partial charge in [-0.15, -0.1) is 5.10 Å². The molecule has 0 bridgehead atoms. The molecule has 0 aliphatic rings. The van der Waals surface area contributed by atoms with Crippen LogP contribution in [0.15, 0.2) is 48.7 Å². The highest BCUT2D eigenvalue weighted by molar-refractivity contribution is 6.30. The molecule has 39 heavy (non-hydrogen) atoms. The molecule has 3 aromatic rings. The molecule has 0 spiro atoms. The van der Waals surface area contributed by atoms with Crippen molar-refractivity contribution in [2.24, 2.45) is 0 Å². The lowest BCUT2D eigenvalue weighted by Crippen LogP contribution is -2.41. The second kappa shape index (κ2) is 13.5. The van der Waals surface area contributed by atoms with Gasteiger partial charge in [0.15, 0.2) is 11.8 Å². The Kier molecular flexibility index (Phi) is 10.2. The monoisotopic (exact) mass is 564 g/mol. The number of rotatable bonds is 11. The van der Waals surface area contributed by atoms with Gasteiger partial charge in [-0.1, -0.05) is 40.7 Å². The summed E-state index contributed by atoms with van der Waals surface area (Å²) in [6.45, 7) is 2.44. The summed E-state index contributed by atoms with van der Waals surface area (Å²) in [5.41, 5.74) is 1.35. The van der Waals surface area contributed by atoms with Crippen LogP contribution < -0.4 is 5.32 Å². The van der Waals surface area contributed by atoms with Gasteiger partial charge in [0.25, 0.3) is 5.91 Å². The summed E-state index contributed by atoms with van der Waals surface area (Å²) in [5.74, 6) is -2.27. The third kappa shape index (κ3) is 8.93. The maximum absolute atomic E-state index is 14.2. The Bertz CT molecular complexity index is 1300. The molecule has 0 aliphatic heterocycles. The number of aromatic nitrogens is 3. The van der Waals surface area contributed by atoms with Gasteiger partial charge in [0.2, 0.25) is 6.79 Å². The first kappa shape index (κ1) is 29.3. The van der Waals surface area contributed by atoms with Crippen molar-refractivity contribution in [3.8, 4) is 11.1 Å². The van der Waals surface area contributed by atoms with Crippen LogP contribution in [-0.4, -0.2) is 68.5 Å². The summed E-state index contributed by atoms with van der Waals surface area (Å²) in [5, 5.41) is 29.5. The van der Waals surface area contributed by atoms with E-state index in [2.05, 4.69) is 20.4 Å². The van der Waals surface area contributed by atoms with Gasteiger partial charge >= 0.3 is 12.1 Å². The molecule has 2 atom stereocenters. The van der Waals surface area contributed by atoms with Crippen LogP contribution >= 0.6 is 11.6 Å². The van der Waals surface area contributed by atoms with Gasteiger partial charge in [0.1, 0.15) is 5.82 Å². The van der Waals surface area contributed by atoms with Gasteiger partial charge in [-0.3, -0.25) is 4.79 Å². The SMILES string of the molecule is CC(C)OC(=O)OCOC(=O)C(O)CC(Cc1ccc(-c2cc(Cl)ccc2F)cc1)NC(=O)c1cn(O)nn1. The average molecular weight is 565 g/mol. The predicted octanol–water partition coefficient (Wildman–Crippen LogP) is 3.13. The molecule has 0 saturated heterocycles. The standard InChI is InChI=1S/C25H26ClFN4O8/c1-14(2)39-25(35)38-13-37-24(34)22(32)11-18(28-23(33)21-12-31(36)30-29-21)9-15-3-5-16(6-4-15)19-10-17(26)7-8-20(19)27/h3-8,10,12,14,18,22,32,36H,9,11,13H2,1-2H3,(H,28,33). The van der Waals surface area contributed by atoms with Crippen molar-refractivity contribution < 1.29 is 43.3 Å². The van der Waals surface area contributed by atoms with Crippen molar-refractivity contribution >= 4 is 29.6 Å². The summed E-state index contributed by atoms with van der Waals surface area (Å²) in [4.78, 5) is 36.6. The van der Waals surface area contributed by atoms with Crippen molar-refractivity contribution in [3.05, 3.63) is 70.8 Å². The number of hydrogen-bond acceptors (Lipinski definition) is 10. The van der Waals surface area contributed by atoms with E-state index in [4.69, 9.17) is 21.1 Å². The van der Waals surface area contributed by atoms with Crippen molar-refractivity contribution in [2.75, 3.05) is 6.79 Å². The van der Waals surface area contributed by atoms with Crippen LogP contribution in [0.4, 0.5) is 9.18 Å². The third-order valence-corrected chi connectivity index (χ3v) is 5.45. The molecule has 1 amide bonds. The van der Waals surface area contributed by atoms with Gasteiger partial charge in [-0.2, -0.15) is 0 Å². The maximum Gasteiger partial charge on any atom is 0.511 e. The second-order valence-corrected chi connectivity index (χ2v) is 9.05. The van der Waals surface area contributed by atoms with E-state index in [-0.39, 0.29) is 18.5 Å². The Hall–Kier alpha value is -4.23. The topological polar surface area (TPSA) is 162 Å². The fraction of sp³-hybridized carbons (Fsp3) is 0.320. The highest BCUT2D eigenvalue weighted by Gasteiger charge is 2.25. The lowest BCUT2D eigenvalue weighted by atomic mass is 9.97. The van der Waals surface area contributed by atoms with E-state index >= 15 is 0 Å².